The summed E-state index contributed by atoms with van der Waals surface area (Å²) < 4.78 is 6.25. The molecule has 1 unspecified atom stereocenters. The highest BCUT2D eigenvalue weighted by molar-refractivity contribution is 5.42. The van der Waals surface area contributed by atoms with E-state index in [1.165, 1.54) is 31.5 Å². The lowest BCUT2D eigenvalue weighted by Gasteiger charge is -2.50. The van der Waals surface area contributed by atoms with Crippen LogP contribution in [0.25, 0.3) is 0 Å². The van der Waals surface area contributed by atoms with Gasteiger partial charge in [0.1, 0.15) is 5.60 Å². The topological polar surface area (TPSA) is 25.4 Å². The molecule has 4 aliphatic heterocycles. The Morgan fingerprint density at radius 2 is 2.28 bits per heavy atom. The molecule has 0 radical (unpaired) electrons. The number of fused-ring (bicyclic) bond motifs is 3. The molecule has 4 aliphatic rings. The summed E-state index contributed by atoms with van der Waals surface area (Å²) in [7, 11) is 0. The van der Waals surface area contributed by atoms with Crippen LogP contribution in [-0.4, -0.2) is 35.1 Å². The maximum Gasteiger partial charge on any atom is 0.217 e. The Labute approximate surface area is 107 Å². The molecule has 0 N–H and O–H groups in total. The molecule has 5 rings (SSSR count). The molecule has 0 aliphatic carbocycles. The van der Waals surface area contributed by atoms with E-state index in [-0.39, 0.29) is 5.60 Å². The number of hydrogen-bond donors (Lipinski definition) is 0. The highest BCUT2D eigenvalue weighted by atomic mass is 16.5. The van der Waals surface area contributed by atoms with E-state index in [2.05, 4.69) is 21.9 Å². The van der Waals surface area contributed by atoms with Gasteiger partial charge in [0.2, 0.25) is 5.88 Å². The molecular weight excluding hydrogens is 224 g/mol. The lowest BCUT2D eigenvalue weighted by Crippen LogP contribution is -2.61. The van der Waals surface area contributed by atoms with E-state index in [0.29, 0.717) is 5.92 Å². The van der Waals surface area contributed by atoms with Gasteiger partial charge >= 0.3 is 0 Å². The Hall–Kier alpha value is -1.53. The normalized spacial score (nSPS) is 36.2. The van der Waals surface area contributed by atoms with Gasteiger partial charge in [0.05, 0.1) is 0 Å². The molecule has 0 amide bonds. The summed E-state index contributed by atoms with van der Waals surface area (Å²) in [5.74, 6) is 4.15. The van der Waals surface area contributed by atoms with Crippen LogP contribution in [0.15, 0.2) is 12.3 Å². The highest BCUT2D eigenvalue weighted by Crippen LogP contribution is 2.45. The summed E-state index contributed by atoms with van der Waals surface area (Å²) in [5, 5.41) is 0. The largest absolute Gasteiger partial charge is 0.469 e. The second kappa shape index (κ2) is 3.49. The fraction of sp³-hybridized carbons (Fsp3) is 0.533. The summed E-state index contributed by atoms with van der Waals surface area (Å²) in [6.45, 7) is 3.52. The number of rotatable bonds is 0. The van der Waals surface area contributed by atoms with Crippen LogP contribution in [0.4, 0.5) is 0 Å². The number of hydrogen-bond acceptors (Lipinski definition) is 3. The van der Waals surface area contributed by atoms with Crippen molar-refractivity contribution in [3.8, 4) is 18.2 Å². The smallest absolute Gasteiger partial charge is 0.217 e. The van der Waals surface area contributed by atoms with Crippen LogP contribution < -0.4 is 4.74 Å². The van der Waals surface area contributed by atoms with E-state index in [1.807, 2.05) is 0 Å². The number of pyridine rings is 1. The first-order valence-electron chi connectivity index (χ1n) is 6.66. The number of piperidine rings is 3. The van der Waals surface area contributed by atoms with Crippen LogP contribution in [0.3, 0.4) is 0 Å². The zero-order valence-corrected chi connectivity index (χ0v) is 10.4. The van der Waals surface area contributed by atoms with Gasteiger partial charge in [-0.3, -0.25) is 4.90 Å². The molecule has 0 aromatic carbocycles. The number of aromatic nitrogens is 1. The Balaban J connectivity index is 1.70. The number of ether oxygens (including phenoxy) is 1. The van der Waals surface area contributed by atoms with Crippen LogP contribution in [0.2, 0.25) is 0 Å². The van der Waals surface area contributed by atoms with Gasteiger partial charge in [-0.15, -0.1) is 6.42 Å². The molecule has 3 nitrogen and oxygen atoms in total. The van der Waals surface area contributed by atoms with Crippen LogP contribution in [0, 0.1) is 18.3 Å². The Morgan fingerprint density at radius 3 is 2.94 bits per heavy atom. The molecule has 3 heteroatoms. The van der Waals surface area contributed by atoms with Crippen molar-refractivity contribution in [2.75, 3.05) is 19.6 Å². The monoisotopic (exact) mass is 240 g/mol. The van der Waals surface area contributed by atoms with Crippen LogP contribution in [-0.2, 0) is 6.42 Å². The average Bonchev–Trinajstić information content (AvgIpc) is 2.76. The summed E-state index contributed by atoms with van der Waals surface area (Å²) >= 11 is 0. The molecule has 1 atom stereocenters. The quantitative estimate of drug-likeness (QED) is 0.642. The van der Waals surface area contributed by atoms with Gasteiger partial charge < -0.3 is 4.74 Å². The SMILES string of the molecule is C#Cc1cnc2c(c1)CC1(CN3CCC1CC3)O2. The predicted molar refractivity (Wildman–Crippen MR) is 68.4 cm³/mol. The van der Waals surface area contributed by atoms with Gasteiger partial charge in [0, 0.05) is 36.2 Å². The molecule has 0 saturated carbocycles. The third kappa shape index (κ3) is 1.33. The number of terminal acetylenes is 1. The number of nitrogens with zero attached hydrogens (tertiary/aromatic N) is 2. The van der Waals surface area contributed by atoms with E-state index in [4.69, 9.17) is 11.2 Å². The second-order valence-corrected chi connectivity index (χ2v) is 5.73. The van der Waals surface area contributed by atoms with Crippen molar-refractivity contribution >= 4 is 0 Å². The van der Waals surface area contributed by atoms with Crippen molar-refractivity contribution in [2.45, 2.75) is 24.9 Å². The predicted octanol–water partition coefficient (Wildman–Crippen LogP) is 1.46. The fourth-order valence-corrected chi connectivity index (χ4v) is 3.79. The zero-order chi connectivity index (χ0) is 12.2. The van der Waals surface area contributed by atoms with E-state index in [1.54, 1.807) is 6.20 Å². The summed E-state index contributed by atoms with van der Waals surface area (Å²) in [6, 6.07) is 2.06. The van der Waals surface area contributed by atoms with Crippen molar-refractivity contribution in [2.24, 2.45) is 5.92 Å². The van der Waals surface area contributed by atoms with E-state index in [0.717, 1.165) is 24.4 Å². The molecule has 3 saturated heterocycles. The van der Waals surface area contributed by atoms with Crippen LogP contribution in [0.5, 0.6) is 5.88 Å². The molecule has 3 fully saturated rings. The van der Waals surface area contributed by atoms with Crippen molar-refractivity contribution in [1.82, 2.24) is 9.88 Å². The van der Waals surface area contributed by atoms with E-state index < -0.39 is 0 Å². The standard InChI is InChI=1S/C15H16N2O/c1-2-11-7-12-8-15(18-14(12)16-9-11)10-17-5-3-13(15)4-6-17/h1,7,9,13H,3-6,8,10H2. The van der Waals surface area contributed by atoms with Gasteiger partial charge in [-0.05, 0) is 32.0 Å². The van der Waals surface area contributed by atoms with Gasteiger partial charge in [-0.1, -0.05) is 5.92 Å². The first-order valence-corrected chi connectivity index (χ1v) is 6.66. The molecule has 1 aromatic rings. The van der Waals surface area contributed by atoms with E-state index >= 15 is 0 Å². The van der Waals surface area contributed by atoms with Crippen LogP contribution >= 0.6 is 0 Å². The maximum absolute atomic E-state index is 6.25. The molecule has 1 spiro atoms. The lowest BCUT2D eigenvalue weighted by atomic mass is 9.73. The minimum Gasteiger partial charge on any atom is -0.469 e. The highest BCUT2D eigenvalue weighted by Gasteiger charge is 2.52. The second-order valence-electron chi connectivity index (χ2n) is 5.73. The Kier molecular flexibility index (Phi) is 2.02. The summed E-state index contributed by atoms with van der Waals surface area (Å²) in [5.41, 5.74) is 2.04. The first kappa shape index (κ1) is 10.4. The Bertz CT molecular complexity index is 540. The minimum atomic E-state index is -0.0148. The van der Waals surface area contributed by atoms with Crippen molar-refractivity contribution < 1.29 is 4.74 Å². The van der Waals surface area contributed by atoms with Crippen molar-refractivity contribution in [3.05, 3.63) is 23.4 Å². The molecular formula is C15H16N2O. The molecule has 2 bridgehead atoms. The van der Waals surface area contributed by atoms with Crippen LogP contribution in [0.1, 0.15) is 24.0 Å². The van der Waals surface area contributed by atoms with Crippen molar-refractivity contribution in [3.63, 3.8) is 0 Å². The van der Waals surface area contributed by atoms with Crippen molar-refractivity contribution in [1.29, 1.82) is 0 Å². The average molecular weight is 240 g/mol. The third-order valence-electron chi connectivity index (χ3n) is 4.70. The van der Waals surface area contributed by atoms with Gasteiger partial charge in [-0.2, -0.15) is 0 Å². The van der Waals surface area contributed by atoms with Gasteiger partial charge in [-0.25, -0.2) is 4.98 Å². The molecule has 92 valence electrons. The minimum absolute atomic E-state index is 0.0148. The zero-order valence-electron chi connectivity index (χ0n) is 10.4. The molecule has 1 aromatic heterocycles. The Morgan fingerprint density at radius 1 is 1.44 bits per heavy atom. The molecule has 18 heavy (non-hydrogen) atoms. The summed E-state index contributed by atoms with van der Waals surface area (Å²) in [4.78, 5) is 6.90. The lowest BCUT2D eigenvalue weighted by molar-refractivity contribution is -0.0814. The fourth-order valence-electron chi connectivity index (χ4n) is 3.79. The van der Waals surface area contributed by atoms with E-state index in [9.17, 15) is 0 Å². The molecule has 5 heterocycles. The third-order valence-corrected chi connectivity index (χ3v) is 4.70. The van der Waals surface area contributed by atoms with Gasteiger partial charge in [0.25, 0.3) is 0 Å². The maximum atomic E-state index is 6.25. The van der Waals surface area contributed by atoms with Gasteiger partial charge in [0.15, 0.2) is 0 Å². The first-order chi connectivity index (χ1) is 8.79. The summed E-state index contributed by atoms with van der Waals surface area (Å²) in [6.07, 6.45) is 10.7.